The molecule has 1 saturated heterocycles. The van der Waals surface area contributed by atoms with Crippen LogP contribution < -0.4 is 0 Å². The van der Waals surface area contributed by atoms with Gasteiger partial charge < -0.3 is 10.0 Å². The first kappa shape index (κ1) is 11.6. The minimum atomic E-state index is -0.900. The molecule has 2 unspecified atom stereocenters. The lowest BCUT2D eigenvalue weighted by molar-refractivity contribution is 0.0482. The Balaban J connectivity index is 2.34. The van der Waals surface area contributed by atoms with Gasteiger partial charge in [0.05, 0.1) is 0 Å². The molecule has 88 valence electrons. The van der Waals surface area contributed by atoms with E-state index in [1.165, 1.54) is 6.07 Å². The molecule has 1 fully saturated rings. The number of β-amino-alcohol motifs (C(OH)–C–C–N with tert-alkyl or cyclic N) is 1. The molecule has 1 aromatic carbocycles. The van der Waals surface area contributed by atoms with E-state index in [1.807, 2.05) is 13.1 Å². The molecule has 2 atom stereocenters. The molecule has 0 aliphatic carbocycles. The van der Waals surface area contributed by atoms with Crippen LogP contribution in [0.4, 0.5) is 4.39 Å². The first-order chi connectivity index (χ1) is 7.42. The van der Waals surface area contributed by atoms with E-state index < -0.39 is 5.60 Å². The van der Waals surface area contributed by atoms with Gasteiger partial charge >= 0.3 is 0 Å². The van der Waals surface area contributed by atoms with Crippen LogP contribution in [0.3, 0.4) is 0 Å². The van der Waals surface area contributed by atoms with Gasteiger partial charge in [-0.3, -0.25) is 0 Å². The van der Waals surface area contributed by atoms with Gasteiger partial charge in [-0.1, -0.05) is 12.1 Å². The second-order valence-corrected chi connectivity index (χ2v) is 4.96. The van der Waals surface area contributed by atoms with Crippen molar-refractivity contribution in [1.82, 2.24) is 4.90 Å². The summed E-state index contributed by atoms with van der Waals surface area (Å²) < 4.78 is 13.5. The maximum Gasteiger partial charge on any atom is 0.126 e. The van der Waals surface area contributed by atoms with Gasteiger partial charge in [-0.05, 0) is 44.5 Å². The minimum Gasteiger partial charge on any atom is -0.384 e. The molecule has 0 saturated carbocycles. The van der Waals surface area contributed by atoms with Crippen molar-refractivity contribution in [2.75, 3.05) is 13.6 Å². The average molecular weight is 223 g/mol. The molecule has 1 N–H and O–H groups in total. The Morgan fingerprint density at radius 3 is 2.69 bits per heavy atom. The molecule has 16 heavy (non-hydrogen) atoms. The Hall–Kier alpha value is -0.930. The largest absolute Gasteiger partial charge is 0.384 e. The van der Waals surface area contributed by atoms with Gasteiger partial charge in [0.2, 0.25) is 0 Å². The van der Waals surface area contributed by atoms with Crippen LogP contribution in [0.2, 0.25) is 0 Å². The quantitative estimate of drug-likeness (QED) is 0.787. The summed E-state index contributed by atoms with van der Waals surface area (Å²) in [5.74, 6) is -0.242. The third-order valence-corrected chi connectivity index (χ3v) is 3.61. The van der Waals surface area contributed by atoms with Crippen molar-refractivity contribution in [3.8, 4) is 0 Å². The number of likely N-dealkylation sites (tertiary alicyclic amines) is 1. The topological polar surface area (TPSA) is 23.5 Å². The number of aliphatic hydroxyl groups is 1. The molecular formula is C13H18FNO. The van der Waals surface area contributed by atoms with E-state index in [0.717, 1.165) is 0 Å². The van der Waals surface area contributed by atoms with Gasteiger partial charge in [0, 0.05) is 12.6 Å². The fraction of sp³-hybridized carbons (Fsp3) is 0.538. The van der Waals surface area contributed by atoms with Crippen molar-refractivity contribution >= 4 is 0 Å². The summed E-state index contributed by atoms with van der Waals surface area (Å²) in [5.41, 5.74) is 0.404. The standard InChI is InChI=1S/C13H18FNO/c1-9-4-5-11(6-12(9)14)13(16)7-10(2)15(3)8-13/h4-6,10,16H,7-8H2,1-3H3. The Kier molecular flexibility index (Phi) is 2.76. The SMILES string of the molecule is Cc1ccc(C2(O)CC(C)N(C)C2)cc1F. The Labute approximate surface area is 95.7 Å². The monoisotopic (exact) mass is 223 g/mol. The van der Waals surface area contributed by atoms with Gasteiger partial charge in [0.15, 0.2) is 0 Å². The average Bonchev–Trinajstić information content (AvgIpc) is 2.46. The van der Waals surface area contributed by atoms with Crippen molar-refractivity contribution in [2.45, 2.75) is 31.9 Å². The molecule has 0 amide bonds. The third kappa shape index (κ3) is 1.85. The van der Waals surface area contributed by atoms with E-state index in [0.29, 0.717) is 30.1 Å². The fourth-order valence-electron chi connectivity index (χ4n) is 2.37. The molecule has 0 spiro atoms. The number of aryl methyl sites for hydroxylation is 1. The van der Waals surface area contributed by atoms with Gasteiger partial charge in [0.25, 0.3) is 0 Å². The zero-order valence-electron chi connectivity index (χ0n) is 10.00. The van der Waals surface area contributed by atoms with Gasteiger partial charge in [-0.25, -0.2) is 4.39 Å². The predicted octanol–water partition coefficient (Wildman–Crippen LogP) is 2.05. The summed E-state index contributed by atoms with van der Waals surface area (Å²) in [4.78, 5) is 2.10. The summed E-state index contributed by atoms with van der Waals surface area (Å²) in [6, 6.07) is 5.34. The van der Waals surface area contributed by atoms with Crippen LogP contribution in [0.25, 0.3) is 0 Å². The van der Waals surface area contributed by atoms with Crippen molar-refractivity contribution in [2.24, 2.45) is 0 Å². The van der Waals surface area contributed by atoms with Gasteiger partial charge in [0.1, 0.15) is 11.4 Å². The van der Waals surface area contributed by atoms with Gasteiger partial charge in [-0.15, -0.1) is 0 Å². The molecule has 1 aliphatic heterocycles. The maximum absolute atomic E-state index is 13.5. The Bertz CT molecular complexity index is 395. The summed E-state index contributed by atoms with van der Waals surface area (Å²) in [7, 11) is 1.98. The number of benzene rings is 1. The van der Waals surface area contributed by atoms with Crippen LogP contribution in [-0.2, 0) is 5.60 Å². The first-order valence-corrected chi connectivity index (χ1v) is 5.61. The maximum atomic E-state index is 13.5. The normalized spacial score (nSPS) is 30.9. The molecule has 1 aromatic rings. The summed E-state index contributed by atoms with van der Waals surface area (Å²) >= 11 is 0. The van der Waals surface area contributed by atoms with E-state index in [1.54, 1.807) is 13.0 Å². The molecule has 0 radical (unpaired) electrons. The molecule has 1 heterocycles. The minimum absolute atomic E-state index is 0.242. The second kappa shape index (κ2) is 3.82. The number of likely N-dealkylation sites (N-methyl/N-ethyl adjacent to an activating group) is 1. The molecule has 1 aliphatic rings. The number of rotatable bonds is 1. The van der Waals surface area contributed by atoms with Crippen LogP contribution >= 0.6 is 0 Å². The van der Waals surface area contributed by atoms with E-state index in [2.05, 4.69) is 11.8 Å². The van der Waals surface area contributed by atoms with Crippen LogP contribution in [0.1, 0.15) is 24.5 Å². The van der Waals surface area contributed by atoms with E-state index in [9.17, 15) is 9.50 Å². The highest BCUT2D eigenvalue weighted by molar-refractivity contribution is 5.29. The molecule has 2 nitrogen and oxygen atoms in total. The highest BCUT2D eigenvalue weighted by Crippen LogP contribution is 2.35. The van der Waals surface area contributed by atoms with E-state index in [-0.39, 0.29) is 5.82 Å². The summed E-state index contributed by atoms with van der Waals surface area (Å²) in [5, 5.41) is 10.5. The fourth-order valence-corrected chi connectivity index (χ4v) is 2.37. The zero-order chi connectivity index (χ0) is 11.9. The van der Waals surface area contributed by atoms with Gasteiger partial charge in [-0.2, -0.15) is 0 Å². The Morgan fingerprint density at radius 2 is 2.19 bits per heavy atom. The number of hydrogen-bond donors (Lipinski definition) is 1. The van der Waals surface area contributed by atoms with Crippen LogP contribution in [0.15, 0.2) is 18.2 Å². The van der Waals surface area contributed by atoms with Crippen LogP contribution in [0, 0.1) is 12.7 Å². The number of nitrogens with zero attached hydrogens (tertiary/aromatic N) is 1. The van der Waals surface area contributed by atoms with E-state index >= 15 is 0 Å². The zero-order valence-corrected chi connectivity index (χ0v) is 10.00. The van der Waals surface area contributed by atoms with Crippen molar-refractivity contribution < 1.29 is 9.50 Å². The molecule has 2 rings (SSSR count). The second-order valence-electron chi connectivity index (χ2n) is 4.96. The predicted molar refractivity (Wildman–Crippen MR) is 61.7 cm³/mol. The lowest BCUT2D eigenvalue weighted by atomic mass is 9.91. The number of halogens is 1. The highest BCUT2D eigenvalue weighted by atomic mass is 19.1. The highest BCUT2D eigenvalue weighted by Gasteiger charge is 2.40. The smallest absolute Gasteiger partial charge is 0.126 e. The van der Waals surface area contributed by atoms with Crippen molar-refractivity contribution in [3.63, 3.8) is 0 Å². The van der Waals surface area contributed by atoms with Crippen molar-refractivity contribution in [3.05, 3.63) is 35.1 Å². The summed E-state index contributed by atoms with van der Waals surface area (Å²) in [6.45, 7) is 4.37. The van der Waals surface area contributed by atoms with E-state index in [4.69, 9.17) is 0 Å². The number of hydrogen-bond acceptors (Lipinski definition) is 2. The van der Waals surface area contributed by atoms with Crippen LogP contribution in [-0.4, -0.2) is 29.6 Å². The first-order valence-electron chi connectivity index (χ1n) is 5.61. The molecular weight excluding hydrogens is 205 g/mol. The lowest BCUT2D eigenvalue weighted by Gasteiger charge is -2.23. The molecule has 0 aromatic heterocycles. The lowest BCUT2D eigenvalue weighted by Crippen LogP contribution is -2.29. The van der Waals surface area contributed by atoms with Crippen LogP contribution in [0.5, 0.6) is 0 Å². The molecule has 0 bridgehead atoms. The molecule has 3 heteroatoms. The van der Waals surface area contributed by atoms with Crippen molar-refractivity contribution in [1.29, 1.82) is 0 Å². The Morgan fingerprint density at radius 1 is 1.50 bits per heavy atom. The summed E-state index contributed by atoms with van der Waals surface area (Å²) in [6.07, 6.45) is 0.659. The third-order valence-electron chi connectivity index (χ3n) is 3.61.